The molecule has 0 aromatic heterocycles. The largest absolute Gasteiger partial charge is 0.379 e. The van der Waals surface area contributed by atoms with Gasteiger partial charge in [0.25, 0.3) is 0 Å². The molecule has 0 saturated carbocycles. The molecule has 0 atom stereocenters. The van der Waals surface area contributed by atoms with Crippen LogP contribution in [0.15, 0.2) is 24.3 Å². The number of carbonyl (C=O) groups excluding carboxylic acids is 2. The predicted octanol–water partition coefficient (Wildman–Crippen LogP) is 1.47. The smallest absolute Gasteiger partial charge is 0.235 e. The van der Waals surface area contributed by atoms with Gasteiger partial charge in [-0.2, -0.15) is 0 Å². The molecule has 1 aromatic rings. The number of hydrogen-bond acceptors (Lipinski definition) is 4. The fraction of sp³-hybridized carbons (Fsp3) is 0.579. The lowest BCUT2D eigenvalue weighted by Crippen LogP contribution is -2.50. The van der Waals surface area contributed by atoms with Crippen molar-refractivity contribution >= 4 is 23.4 Å². The third kappa shape index (κ3) is 6.27. The fourth-order valence-electron chi connectivity index (χ4n) is 2.67. The number of rotatable bonds is 8. The zero-order valence-electron chi connectivity index (χ0n) is 15.5. The molecule has 1 saturated heterocycles. The van der Waals surface area contributed by atoms with E-state index in [1.165, 1.54) is 0 Å². The summed E-state index contributed by atoms with van der Waals surface area (Å²) in [5.41, 5.74) is -0.0205. The van der Waals surface area contributed by atoms with Crippen LogP contribution in [0.3, 0.4) is 0 Å². The molecule has 1 aliphatic rings. The van der Waals surface area contributed by atoms with E-state index in [9.17, 15) is 9.59 Å². The molecule has 26 heavy (non-hydrogen) atoms. The summed E-state index contributed by atoms with van der Waals surface area (Å²) in [4.78, 5) is 27.0. The van der Waals surface area contributed by atoms with Gasteiger partial charge in [-0.1, -0.05) is 23.7 Å². The summed E-state index contributed by atoms with van der Waals surface area (Å²) in [6.07, 6.45) is 0.692. The van der Waals surface area contributed by atoms with Gasteiger partial charge in [-0.25, -0.2) is 0 Å². The third-order valence-corrected chi connectivity index (χ3v) is 4.82. The first-order chi connectivity index (χ1) is 12.4. The number of morpholine rings is 1. The molecule has 0 spiro atoms. The van der Waals surface area contributed by atoms with Crippen molar-refractivity contribution in [1.82, 2.24) is 15.5 Å². The molecule has 1 fully saturated rings. The monoisotopic (exact) mass is 381 g/mol. The van der Waals surface area contributed by atoms with Crippen molar-refractivity contribution in [2.24, 2.45) is 5.41 Å². The van der Waals surface area contributed by atoms with Gasteiger partial charge in [-0.05, 0) is 38.0 Å². The van der Waals surface area contributed by atoms with Crippen molar-refractivity contribution in [2.45, 2.75) is 20.3 Å². The van der Waals surface area contributed by atoms with E-state index in [4.69, 9.17) is 16.3 Å². The molecular weight excluding hydrogens is 354 g/mol. The Balaban J connectivity index is 1.70. The molecule has 2 N–H and O–H groups in total. The Hall–Kier alpha value is -1.63. The Kier molecular flexibility index (Phi) is 7.87. The summed E-state index contributed by atoms with van der Waals surface area (Å²) < 4.78 is 5.30. The summed E-state index contributed by atoms with van der Waals surface area (Å²) in [7, 11) is 0. The molecule has 0 radical (unpaired) electrons. The highest BCUT2D eigenvalue weighted by Crippen LogP contribution is 2.15. The Morgan fingerprint density at radius 2 is 1.65 bits per heavy atom. The van der Waals surface area contributed by atoms with Crippen molar-refractivity contribution in [1.29, 1.82) is 0 Å². The van der Waals surface area contributed by atoms with E-state index in [1.54, 1.807) is 13.8 Å². The molecule has 144 valence electrons. The number of carbonyl (C=O) groups is 2. The minimum absolute atomic E-state index is 0.255. The second-order valence-electron chi connectivity index (χ2n) is 6.97. The van der Waals surface area contributed by atoms with E-state index in [0.29, 0.717) is 24.5 Å². The molecule has 7 heteroatoms. The van der Waals surface area contributed by atoms with Crippen molar-refractivity contribution < 1.29 is 14.3 Å². The SMILES string of the molecule is CC(C)(C(=O)NCCc1ccc(Cl)cc1)C(=O)NCCN1CCOCC1. The summed E-state index contributed by atoms with van der Waals surface area (Å²) in [5, 5.41) is 6.40. The summed E-state index contributed by atoms with van der Waals surface area (Å²) in [6, 6.07) is 7.51. The van der Waals surface area contributed by atoms with E-state index < -0.39 is 5.41 Å². The number of nitrogens with one attached hydrogen (secondary N) is 2. The molecule has 0 bridgehead atoms. The zero-order valence-corrected chi connectivity index (χ0v) is 16.3. The highest BCUT2D eigenvalue weighted by Gasteiger charge is 2.35. The molecule has 6 nitrogen and oxygen atoms in total. The minimum Gasteiger partial charge on any atom is -0.379 e. The second-order valence-corrected chi connectivity index (χ2v) is 7.40. The van der Waals surface area contributed by atoms with Crippen LogP contribution in [0.4, 0.5) is 0 Å². The number of halogens is 1. The van der Waals surface area contributed by atoms with Gasteiger partial charge < -0.3 is 15.4 Å². The van der Waals surface area contributed by atoms with Crippen molar-refractivity contribution in [3.05, 3.63) is 34.9 Å². The number of ether oxygens (including phenoxy) is 1. The van der Waals surface area contributed by atoms with Gasteiger partial charge in [0.2, 0.25) is 11.8 Å². The van der Waals surface area contributed by atoms with Crippen molar-refractivity contribution in [3.8, 4) is 0 Å². The zero-order chi connectivity index (χ0) is 19.0. The van der Waals surface area contributed by atoms with Crippen LogP contribution in [-0.2, 0) is 20.7 Å². The minimum atomic E-state index is -1.11. The lowest BCUT2D eigenvalue weighted by Gasteiger charge is -2.27. The van der Waals surface area contributed by atoms with Crippen LogP contribution in [-0.4, -0.2) is 62.7 Å². The Morgan fingerprint density at radius 3 is 2.27 bits per heavy atom. The average molecular weight is 382 g/mol. The Bertz CT molecular complexity index is 599. The summed E-state index contributed by atoms with van der Waals surface area (Å²) in [5.74, 6) is -0.523. The third-order valence-electron chi connectivity index (χ3n) is 4.57. The van der Waals surface area contributed by atoms with Gasteiger partial charge >= 0.3 is 0 Å². The van der Waals surface area contributed by atoms with E-state index in [1.807, 2.05) is 24.3 Å². The van der Waals surface area contributed by atoms with Crippen LogP contribution in [0.2, 0.25) is 5.02 Å². The van der Waals surface area contributed by atoms with Gasteiger partial charge in [-0.3, -0.25) is 14.5 Å². The van der Waals surface area contributed by atoms with Gasteiger partial charge in [0.15, 0.2) is 0 Å². The Morgan fingerprint density at radius 1 is 1.08 bits per heavy atom. The maximum absolute atomic E-state index is 12.4. The number of benzene rings is 1. The summed E-state index contributed by atoms with van der Waals surface area (Å²) in [6.45, 7) is 8.29. The van der Waals surface area contributed by atoms with Crippen molar-refractivity contribution in [2.75, 3.05) is 45.9 Å². The maximum atomic E-state index is 12.4. The van der Waals surface area contributed by atoms with E-state index in [0.717, 1.165) is 38.4 Å². The van der Waals surface area contributed by atoms with Crippen LogP contribution in [0.25, 0.3) is 0 Å². The van der Waals surface area contributed by atoms with Gasteiger partial charge in [-0.15, -0.1) is 0 Å². The standard InChI is InChI=1S/C19H28ClN3O3/c1-19(2,18(25)22-9-10-23-11-13-26-14-12-23)17(24)21-8-7-15-3-5-16(20)6-4-15/h3-6H,7-14H2,1-2H3,(H,21,24)(H,22,25). The highest BCUT2D eigenvalue weighted by atomic mass is 35.5. The fourth-order valence-corrected chi connectivity index (χ4v) is 2.79. The topological polar surface area (TPSA) is 70.7 Å². The lowest BCUT2D eigenvalue weighted by molar-refractivity contribution is -0.141. The first-order valence-corrected chi connectivity index (χ1v) is 9.38. The quantitative estimate of drug-likeness (QED) is 0.669. The lowest BCUT2D eigenvalue weighted by atomic mass is 9.91. The molecule has 1 aromatic carbocycles. The number of nitrogens with zero attached hydrogens (tertiary/aromatic N) is 1. The predicted molar refractivity (Wildman–Crippen MR) is 102 cm³/mol. The van der Waals surface area contributed by atoms with Crippen molar-refractivity contribution in [3.63, 3.8) is 0 Å². The van der Waals surface area contributed by atoms with Gasteiger partial charge in [0.05, 0.1) is 13.2 Å². The molecule has 1 heterocycles. The van der Waals surface area contributed by atoms with Gasteiger partial charge in [0, 0.05) is 37.7 Å². The van der Waals surface area contributed by atoms with Crippen LogP contribution < -0.4 is 10.6 Å². The molecule has 0 aliphatic carbocycles. The van der Waals surface area contributed by atoms with E-state index >= 15 is 0 Å². The maximum Gasteiger partial charge on any atom is 0.235 e. The first-order valence-electron chi connectivity index (χ1n) is 9.01. The molecule has 0 unspecified atom stereocenters. The number of hydrogen-bond donors (Lipinski definition) is 2. The van der Waals surface area contributed by atoms with Crippen LogP contribution in [0.1, 0.15) is 19.4 Å². The normalized spacial score (nSPS) is 15.5. The van der Waals surface area contributed by atoms with E-state index in [-0.39, 0.29) is 11.8 Å². The Labute approximate surface area is 160 Å². The first kappa shape index (κ1) is 20.7. The molecular formula is C19H28ClN3O3. The second kappa shape index (κ2) is 9.90. The average Bonchev–Trinajstić information content (AvgIpc) is 2.64. The molecule has 2 rings (SSSR count). The van der Waals surface area contributed by atoms with Crippen LogP contribution in [0, 0.1) is 5.41 Å². The van der Waals surface area contributed by atoms with Gasteiger partial charge in [0.1, 0.15) is 5.41 Å². The molecule has 2 amide bonds. The van der Waals surface area contributed by atoms with E-state index in [2.05, 4.69) is 15.5 Å². The van der Waals surface area contributed by atoms with Crippen LogP contribution >= 0.6 is 11.6 Å². The highest BCUT2D eigenvalue weighted by molar-refractivity contribution is 6.30. The van der Waals surface area contributed by atoms with Crippen LogP contribution in [0.5, 0.6) is 0 Å². The summed E-state index contributed by atoms with van der Waals surface area (Å²) >= 11 is 5.86. The number of amides is 2. The molecule has 1 aliphatic heterocycles.